The molecule has 0 saturated carbocycles. The van der Waals surface area contributed by atoms with E-state index in [4.69, 9.17) is 4.74 Å². The predicted molar refractivity (Wildman–Crippen MR) is 80.9 cm³/mol. The van der Waals surface area contributed by atoms with E-state index in [1.807, 2.05) is 24.3 Å². The summed E-state index contributed by atoms with van der Waals surface area (Å²) in [5.74, 6) is 0.399. The van der Waals surface area contributed by atoms with E-state index in [0.29, 0.717) is 12.5 Å². The Kier molecular flexibility index (Phi) is 5.01. The molecule has 2 rings (SSSR count). The van der Waals surface area contributed by atoms with Crippen LogP contribution >= 0.6 is 0 Å². The van der Waals surface area contributed by atoms with Gasteiger partial charge in [0.2, 0.25) is 5.91 Å². The lowest BCUT2D eigenvalue weighted by atomic mass is 9.89. The predicted octanol–water partition coefficient (Wildman–Crippen LogP) is 2.37. The highest BCUT2D eigenvalue weighted by Crippen LogP contribution is 2.31. The van der Waals surface area contributed by atoms with Crippen molar-refractivity contribution in [1.82, 2.24) is 5.32 Å². The van der Waals surface area contributed by atoms with E-state index in [9.17, 15) is 4.79 Å². The SMILES string of the molecule is COCC(NC(=O)C1CCNc2ccccc21)C(C)C. The largest absolute Gasteiger partial charge is 0.385 e. The number of ether oxygens (including phenoxy) is 1. The number of rotatable bonds is 5. The summed E-state index contributed by atoms with van der Waals surface area (Å²) in [5, 5.41) is 6.48. The summed E-state index contributed by atoms with van der Waals surface area (Å²) in [6.07, 6.45) is 0.834. The fourth-order valence-corrected chi connectivity index (χ4v) is 2.60. The third-order valence-electron chi connectivity index (χ3n) is 3.88. The maximum absolute atomic E-state index is 12.6. The van der Waals surface area contributed by atoms with Crippen LogP contribution in [0.4, 0.5) is 5.69 Å². The summed E-state index contributed by atoms with van der Waals surface area (Å²) in [5.41, 5.74) is 2.17. The molecule has 2 N–H and O–H groups in total. The van der Waals surface area contributed by atoms with Gasteiger partial charge in [-0.05, 0) is 24.0 Å². The van der Waals surface area contributed by atoms with E-state index in [0.717, 1.165) is 24.2 Å². The highest BCUT2D eigenvalue weighted by molar-refractivity contribution is 5.86. The van der Waals surface area contributed by atoms with E-state index in [1.165, 1.54) is 0 Å². The quantitative estimate of drug-likeness (QED) is 0.868. The van der Waals surface area contributed by atoms with Gasteiger partial charge in [0.1, 0.15) is 0 Å². The Morgan fingerprint density at radius 2 is 2.20 bits per heavy atom. The number of carbonyl (C=O) groups excluding carboxylic acids is 1. The van der Waals surface area contributed by atoms with Gasteiger partial charge < -0.3 is 15.4 Å². The zero-order valence-electron chi connectivity index (χ0n) is 12.5. The summed E-state index contributed by atoms with van der Waals surface area (Å²) in [4.78, 5) is 12.6. The van der Waals surface area contributed by atoms with Gasteiger partial charge in [-0.25, -0.2) is 0 Å². The summed E-state index contributed by atoms with van der Waals surface area (Å²) in [7, 11) is 1.67. The average Bonchev–Trinajstić information content (AvgIpc) is 2.46. The molecule has 20 heavy (non-hydrogen) atoms. The number of fused-ring (bicyclic) bond motifs is 1. The number of benzene rings is 1. The second-order valence-corrected chi connectivity index (χ2v) is 5.67. The van der Waals surface area contributed by atoms with Gasteiger partial charge in [-0.1, -0.05) is 32.0 Å². The van der Waals surface area contributed by atoms with Gasteiger partial charge in [-0.3, -0.25) is 4.79 Å². The lowest BCUT2D eigenvalue weighted by molar-refractivity contribution is -0.124. The van der Waals surface area contributed by atoms with Gasteiger partial charge in [-0.15, -0.1) is 0 Å². The Morgan fingerprint density at radius 3 is 2.90 bits per heavy atom. The monoisotopic (exact) mass is 276 g/mol. The Hall–Kier alpha value is -1.55. The maximum atomic E-state index is 12.6. The van der Waals surface area contributed by atoms with Crippen molar-refractivity contribution < 1.29 is 9.53 Å². The molecule has 0 bridgehead atoms. The molecule has 4 heteroatoms. The summed E-state index contributed by atoms with van der Waals surface area (Å²) in [6.45, 7) is 5.59. The van der Waals surface area contributed by atoms with Crippen LogP contribution in [0.2, 0.25) is 0 Å². The molecule has 110 valence electrons. The van der Waals surface area contributed by atoms with Crippen LogP contribution in [-0.4, -0.2) is 32.2 Å². The van der Waals surface area contributed by atoms with Gasteiger partial charge in [-0.2, -0.15) is 0 Å². The molecular weight excluding hydrogens is 252 g/mol. The number of hydrogen-bond acceptors (Lipinski definition) is 3. The van der Waals surface area contributed by atoms with Crippen molar-refractivity contribution in [3.05, 3.63) is 29.8 Å². The summed E-state index contributed by atoms with van der Waals surface area (Å²) < 4.78 is 5.20. The third kappa shape index (κ3) is 3.31. The molecule has 0 spiro atoms. The van der Waals surface area contributed by atoms with Crippen molar-refractivity contribution in [2.24, 2.45) is 5.92 Å². The first-order valence-corrected chi connectivity index (χ1v) is 7.25. The van der Waals surface area contributed by atoms with Crippen LogP contribution < -0.4 is 10.6 Å². The highest BCUT2D eigenvalue weighted by atomic mass is 16.5. The van der Waals surface area contributed by atoms with Crippen LogP contribution in [0.15, 0.2) is 24.3 Å². The Balaban J connectivity index is 2.10. The molecule has 0 saturated heterocycles. The van der Waals surface area contributed by atoms with Crippen LogP contribution in [0.1, 0.15) is 31.7 Å². The zero-order chi connectivity index (χ0) is 14.5. The number of methoxy groups -OCH3 is 1. The van der Waals surface area contributed by atoms with Crippen molar-refractivity contribution in [2.75, 3.05) is 25.6 Å². The molecule has 4 nitrogen and oxygen atoms in total. The van der Waals surface area contributed by atoms with Crippen molar-refractivity contribution in [3.63, 3.8) is 0 Å². The number of amides is 1. The molecule has 1 aliphatic rings. The van der Waals surface area contributed by atoms with Gasteiger partial charge in [0.25, 0.3) is 0 Å². The van der Waals surface area contributed by atoms with Crippen molar-refractivity contribution in [1.29, 1.82) is 0 Å². The van der Waals surface area contributed by atoms with E-state index in [-0.39, 0.29) is 17.9 Å². The number of anilines is 1. The number of hydrogen-bond donors (Lipinski definition) is 2. The van der Waals surface area contributed by atoms with Crippen LogP contribution in [-0.2, 0) is 9.53 Å². The molecule has 1 aliphatic heterocycles. The lowest BCUT2D eigenvalue weighted by Crippen LogP contribution is -2.44. The maximum Gasteiger partial charge on any atom is 0.227 e. The summed E-state index contributed by atoms with van der Waals surface area (Å²) in [6, 6.07) is 8.11. The minimum absolute atomic E-state index is 0.0643. The topological polar surface area (TPSA) is 50.4 Å². The third-order valence-corrected chi connectivity index (χ3v) is 3.88. The number of para-hydroxylation sites is 1. The zero-order valence-corrected chi connectivity index (χ0v) is 12.5. The molecule has 0 aromatic heterocycles. The Morgan fingerprint density at radius 1 is 1.45 bits per heavy atom. The first kappa shape index (κ1) is 14.9. The Bertz CT molecular complexity index is 460. The van der Waals surface area contributed by atoms with Crippen LogP contribution in [0.3, 0.4) is 0 Å². The minimum Gasteiger partial charge on any atom is -0.385 e. The molecule has 2 atom stereocenters. The summed E-state index contributed by atoms with van der Waals surface area (Å²) >= 11 is 0. The Labute approximate surface area is 120 Å². The molecule has 1 heterocycles. The molecule has 2 unspecified atom stereocenters. The van der Waals surface area contributed by atoms with Gasteiger partial charge >= 0.3 is 0 Å². The van der Waals surface area contributed by atoms with Gasteiger partial charge in [0, 0.05) is 19.3 Å². The fourth-order valence-electron chi connectivity index (χ4n) is 2.60. The molecular formula is C16H24N2O2. The molecule has 0 aliphatic carbocycles. The fraction of sp³-hybridized carbons (Fsp3) is 0.562. The lowest BCUT2D eigenvalue weighted by Gasteiger charge is -2.29. The average molecular weight is 276 g/mol. The van der Waals surface area contributed by atoms with E-state index in [2.05, 4.69) is 24.5 Å². The van der Waals surface area contributed by atoms with E-state index >= 15 is 0 Å². The second kappa shape index (κ2) is 6.75. The number of carbonyl (C=O) groups is 1. The molecule has 1 aromatic carbocycles. The standard InChI is InChI=1S/C16H24N2O2/c1-11(2)15(10-20-3)18-16(19)13-8-9-17-14-7-5-4-6-12(13)14/h4-7,11,13,15,17H,8-10H2,1-3H3,(H,18,19). The minimum atomic E-state index is -0.0643. The van der Waals surface area contributed by atoms with Crippen LogP contribution in [0, 0.1) is 5.92 Å². The van der Waals surface area contributed by atoms with Crippen molar-refractivity contribution in [3.8, 4) is 0 Å². The first-order valence-electron chi connectivity index (χ1n) is 7.25. The van der Waals surface area contributed by atoms with Crippen LogP contribution in [0.25, 0.3) is 0 Å². The smallest absolute Gasteiger partial charge is 0.227 e. The van der Waals surface area contributed by atoms with Gasteiger partial charge in [0.05, 0.1) is 18.6 Å². The molecule has 0 fully saturated rings. The van der Waals surface area contributed by atoms with Gasteiger partial charge in [0.15, 0.2) is 0 Å². The molecule has 1 aromatic rings. The number of nitrogens with one attached hydrogen (secondary N) is 2. The second-order valence-electron chi connectivity index (χ2n) is 5.67. The molecule has 0 radical (unpaired) electrons. The van der Waals surface area contributed by atoms with Crippen molar-refractivity contribution >= 4 is 11.6 Å². The van der Waals surface area contributed by atoms with E-state index < -0.39 is 0 Å². The van der Waals surface area contributed by atoms with Crippen molar-refractivity contribution in [2.45, 2.75) is 32.2 Å². The first-order chi connectivity index (χ1) is 9.63. The normalized spacial score (nSPS) is 19.1. The van der Waals surface area contributed by atoms with Crippen LogP contribution in [0.5, 0.6) is 0 Å². The van der Waals surface area contributed by atoms with E-state index in [1.54, 1.807) is 7.11 Å². The highest BCUT2D eigenvalue weighted by Gasteiger charge is 2.28. The molecule has 1 amide bonds.